The van der Waals surface area contributed by atoms with Crippen LogP contribution in [0.15, 0.2) is 29.1 Å². The van der Waals surface area contributed by atoms with Gasteiger partial charge < -0.3 is 25.3 Å². The third-order valence-electron chi connectivity index (χ3n) is 5.44. The van der Waals surface area contributed by atoms with Gasteiger partial charge in [0.25, 0.3) is 0 Å². The van der Waals surface area contributed by atoms with Crippen molar-refractivity contribution in [2.24, 2.45) is 0 Å². The molecule has 0 aliphatic carbocycles. The first-order valence-corrected chi connectivity index (χ1v) is 11.9. The van der Waals surface area contributed by atoms with E-state index in [2.05, 4.69) is 26.8 Å². The number of aryl methyl sites for hydroxylation is 1. The van der Waals surface area contributed by atoms with Gasteiger partial charge >= 0.3 is 17.7 Å². The van der Waals surface area contributed by atoms with Crippen molar-refractivity contribution < 1.29 is 19.4 Å². The number of hydrogen-bond donors (Lipinski definition) is 3. The van der Waals surface area contributed by atoms with Crippen LogP contribution in [0.1, 0.15) is 45.1 Å². The van der Waals surface area contributed by atoms with Gasteiger partial charge in [-0.15, -0.1) is 0 Å². The van der Waals surface area contributed by atoms with Crippen LogP contribution in [-0.2, 0) is 17.9 Å². The summed E-state index contributed by atoms with van der Waals surface area (Å²) in [5.74, 6) is 0.321. The van der Waals surface area contributed by atoms with Crippen molar-refractivity contribution in [2.45, 2.75) is 52.6 Å². The number of fused-ring (bicyclic) bond motifs is 1. The summed E-state index contributed by atoms with van der Waals surface area (Å²) in [6, 6.07) is 7.51. The zero-order valence-corrected chi connectivity index (χ0v) is 20.3. The minimum atomic E-state index is -0.360. The second-order valence-electron chi connectivity index (χ2n) is 8.32. The highest BCUT2D eigenvalue weighted by Gasteiger charge is 2.15. The number of anilines is 1. The molecule has 0 radical (unpaired) electrons. The molecule has 0 aliphatic heterocycles. The van der Waals surface area contributed by atoms with Gasteiger partial charge in [-0.25, -0.2) is 4.79 Å². The Bertz CT molecular complexity index is 1160. The highest BCUT2D eigenvalue weighted by molar-refractivity contribution is 5.81. The van der Waals surface area contributed by atoms with E-state index in [0.717, 1.165) is 18.4 Å². The largest absolute Gasteiger partial charge is 0.463 e. The summed E-state index contributed by atoms with van der Waals surface area (Å²) in [7, 11) is 0. The summed E-state index contributed by atoms with van der Waals surface area (Å²) in [5.41, 5.74) is 7.61. The van der Waals surface area contributed by atoms with Crippen molar-refractivity contribution in [1.82, 2.24) is 24.4 Å². The number of aliphatic hydroxyl groups is 1. The Kier molecular flexibility index (Phi) is 9.62. The fourth-order valence-electron chi connectivity index (χ4n) is 3.71. The van der Waals surface area contributed by atoms with Crippen LogP contribution in [0, 0.1) is 0 Å². The predicted octanol–water partition coefficient (Wildman–Crippen LogP) is 2.08. The Hall–Kier alpha value is -3.44. The van der Waals surface area contributed by atoms with Crippen LogP contribution in [0.25, 0.3) is 11.2 Å². The fourth-order valence-corrected chi connectivity index (χ4v) is 3.71. The first-order chi connectivity index (χ1) is 16.9. The lowest BCUT2D eigenvalue weighted by atomic mass is 10.2. The number of nitrogen functional groups attached to an aromatic ring is 1. The van der Waals surface area contributed by atoms with E-state index in [1.165, 1.54) is 6.92 Å². The standard InChI is InChI=1S/C24H34N6O5/c1-3-4-15-34-23-27-21(25)20-22(28-23)30(24(33)26-20)13-5-11-29(12-6-14-31)16-18-7-9-19(10-8-18)35-17(2)32/h7-10,31H,3-6,11-16H2,1-2H3,(H,26,33)(H2,25,27,28). The lowest BCUT2D eigenvalue weighted by Gasteiger charge is -2.22. The Balaban J connectivity index is 1.67. The zero-order valence-electron chi connectivity index (χ0n) is 20.3. The first kappa shape index (κ1) is 26.2. The van der Waals surface area contributed by atoms with E-state index in [4.69, 9.17) is 15.2 Å². The second kappa shape index (κ2) is 12.9. The molecule has 0 amide bonds. The summed E-state index contributed by atoms with van der Waals surface area (Å²) in [4.78, 5) is 37.2. The maximum absolute atomic E-state index is 12.6. The third-order valence-corrected chi connectivity index (χ3v) is 5.44. The molecule has 3 aromatic rings. The van der Waals surface area contributed by atoms with Gasteiger partial charge in [0.2, 0.25) is 0 Å². The molecule has 190 valence electrons. The molecule has 0 atom stereocenters. The molecule has 0 bridgehead atoms. The number of carbonyl (C=O) groups excluding carboxylic acids is 1. The number of hydrogen-bond acceptors (Lipinski definition) is 9. The zero-order chi connectivity index (χ0) is 25.2. The molecule has 0 saturated heterocycles. The van der Waals surface area contributed by atoms with Gasteiger partial charge in [-0.2, -0.15) is 9.97 Å². The van der Waals surface area contributed by atoms with Crippen LogP contribution in [0.2, 0.25) is 0 Å². The number of nitrogens with zero attached hydrogens (tertiary/aromatic N) is 4. The predicted molar refractivity (Wildman–Crippen MR) is 132 cm³/mol. The maximum atomic E-state index is 12.6. The molecule has 1 aromatic carbocycles. The number of H-pyrrole nitrogens is 1. The molecule has 2 aromatic heterocycles. The number of ether oxygens (including phenoxy) is 2. The molecule has 35 heavy (non-hydrogen) atoms. The smallest absolute Gasteiger partial charge is 0.327 e. The van der Waals surface area contributed by atoms with Gasteiger partial charge in [-0.3, -0.25) is 14.3 Å². The summed E-state index contributed by atoms with van der Waals surface area (Å²) < 4.78 is 12.2. The van der Waals surface area contributed by atoms with Gasteiger partial charge in [0.15, 0.2) is 11.5 Å². The number of esters is 1. The molecule has 0 saturated carbocycles. The lowest BCUT2D eigenvalue weighted by Crippen LogP contribution is -2.28. The molecule has 0 fully saturated rings. The number of benzene rings is 1. The molecule has 2 heterocycles. The van der Waals surface area contributed by atoms with E-state index in [9.17, 15) is 14.7 Å². The minimum absolute atomic E-state index is 0.0980. The molecule has 0 unspecified atom stereocenters. The van der Waals surface area contributed by atoms with Crippen molar-refractivity contribution in [1.29, 1.82) is 0 Å². The lowest BCUT2D eigenvalue weighted by molar-refractivity contribution is -0.131. The summed E-state index contributed by atoms with van der Waals surface area (Å²) >= 11 is 0. The molecule has 0 spiro atoms. The van der Waals surface area contributed by atoms with Gasteiger partial charge in [0.05, 0.1) is 6.61 Å². The second-order valence-corrected chi connectivity index (χ2v) is 8.32. The number of aromatic nitrogens is 4. The quantitative estimate of drug-likeness (QED) is 0.177. The van der Waals surface area contributed by atoms with Gasteiger partial charge in [0.1, 0.15) is 11.3 Å². The SMILES string of the molecule is CCCCOc1nc(N)c2[nH]c(=O)n(CCCN(CCCO)Cc3ccc(OC(C)=O)cc3)c2n1. The maximum Gasteiger partial charge on any atom is 0.327 e. The molecule has 11 nitrogen and oxygen atoms in total. The molecule has 3 rings (SSSR count). The Morgan fingerprint density at radius 3 is 2.60 bits per heavy atom. The van der Waals surface area contributed by atoms with E-state index < -0.39 is 0 Å². The average Bonchev–Trinajstić information content (AvgIpc) is 3.14. The number of unbranched alkanes of at least 4 members (excludes halogenated alkanes) is 1. The van der Waals surface area contributed by atoms with Crippen LogP contribution in [0.3, 0.4) is 0 Å². The van der Waals surface area contributed by atoms with Gasteiger partial charge in [-0.05, 0) is 37.0 Å². The van der Waals surface area contributed by atoms with Crippen molar-refractivity contribution in [3.8, 4) is 11.8 Å². The normalized spacial score (nSPS) is 11.3. The van der Waals surface area contributed by atoms with E-state index in [0.29, 0.717) is 62.5 Å². The number of carbonyl (C=O) groups is 1. The van der Waals surface area contributed by atoms with E-state index in [1.54, 1.807) is 16.7 Å². The van der Waals surface area contributed by atoms with Gasteiger partial charge in [-0.1, -0.05) is 25.5 Å². The number of nitrogens with two attached hydrogens (primary N) is 1. The Morgan fingerprint density at radius 1 is 1.17 bits per heavy atom. The van der Waals surface area contributed by atoms with Crippen LogP contribution in [0.5, 0.6) is 11.8 Å². The number of imidazole rings is 1. The first-order valence-electron chi connectivity index (χ1n) is 11.9. The van der Waals surface area contributed by atoms with Crippen LogP contribution < -0.4 is 20.9 Å². The molecular weight excluding hydrogens is 452 g/mol. The van der Waals surface area contributed by atoms with Crippen molar-refractivity contribution in [3.05, 3.63) is 40.3 Å². The average molecular weight is 487 g/mol. The van der Waals surface area contributed by atoms with Crippen molar-refractivity contribution >= 4 is 23.0 Å². The number of aliphatic hydroxyl groups excluding tert-OH is 1. The molecule has 0 aliphatic rings. The number of rotatable bonds is 14. The van der Waals surface area contributed by atoms with Crippen molar-refractivity contribution in [2.75, 3.05) is 32.0 Å². The topological polar surface area (TPSA) is 149 Å². The van der Waals surface area contributed by atoms with Gasteiger partial charge in [0, 0.05) is 39.7 Å². The molecule has 11 heteroatoms. The highest BCUT2D eigenvalue weighted by Crippen LogP contribution is 2.18. The fraction of sp³-hybridized carbons (Fsp3) is 0.500. The van der Waals surface area contributed by atoms with Crippen LogP contribution in [0.4, 0.5) is 5.82 Å². The summed E-state index contributed by atoms with van der Waals surface area (Å²) in [5, 5.41) is 9.30. The van der Waals surface area contributed by atoms with Crippen LogP contribution in [-0.4, -0.2) is 61.8 Å². The summed E-state index contributed by atoms with van der Waals surface area (Å²) in [6.45, 7) is 6.51. The molecular formula is C24H34N6O5. The molecule has 4 N–H and O–H groups in total. The van der Waals surface area contributed by atoms with E-state index >= 15 is 0 Å². The van der Waals surface area contributed by atoms with Crippen LogP contribution >= 0.6 is 0 Å². The van der Waals surface area contributed by atoms with E-state index in [-0.39, 0.29) is 30.1 Å². The van der Waals surface area contributed by atoms with Crippen molar-refractivity contribution in [3.63, 3.8) is 0 Å². The third kappa shape index (κ3) is 7.52. The highest BCUT2D eigenvalue weighted by atomic mass is 16.5. The number of nitrogens with one attached hydrogen (secondary N) is 1. The van der Waals surface area contributed by atoms with E-state index in [1.807, 2.05) is 12.1 Å². The minimum Gasteiger partial charge on any atom is -0.463 e. The monoisotopic (exact) mass is 486 g/mol. The number of aromatic amines is 1. The summed E-state index contributed by atoms with van der Waals surface area (Å²) in [6.07, 6.45) is 3.17. The Morgan fingerprint density at radius 2 is 1.91 bits per heavy atom. The Labute approximate surface area is 203 Å².